The summed E-state index contributed by atoms with van der Waals surface area (Å²) in [6.07, 6.45) is 0.810. The number of aromatic nitrogens is 2. The number of rotatable bonds is 7. The first-order valence-corrected chi connectivity index (χ1v) is 9.88. The second-order valence-electron chi connectivity index (χ2n) is 4.97. The van der Waals surface area contributed by atoms with E-state index in [2.05, 4.69) is 15.5 Å². The Kier molecular flexibility index (Phi) is 6.09. The van der Waals surface area contributed by atoms with E-state index in [9.17, 15) is 22.0 Å². The largest absolute Gasteiger partial charge is 0.360 e. The average Bonchev–Trinajstić information content (AvgIpc) is 3.30. The summed E-state index contributed by atoms with van der Waals surface area (Å²) in [6.45, 7) is 0.636. The van der Waals surface area contributed by atoms with Crippen molar-refractivity contribution in [3.63, 3.8) is 0 Å². The molecule has 11 heteroatoms. The topological polar surface area (TPSA) is 37.8 Å². The van der Waals surface area contributed by atoms with Crippen LogP contribution in [0.1, 0.15) is 10.4 Å². The molecule has 3 aromatic rings. The van der Waals surface area contributed by atoms with Crippen LogP contribution in [-0.2, 0) is 12.2 Å². The summed E-state index contributed by atoms with van der Waals surface area (Å²) in [5.74, 6) is -10.2. The van der Waals surface area contributed by atoms with E-state index < -0.39 is 40.4 Å². The summed E-state index contributed by atoms with van der Waals surface area (Å²) in [5.41, 5.74) is -0.881. The lowest BCUT2D eigenvalue weighted by molar-refractivity contribution is 0.372. The highest BCUT2D eigenvalue weighted by molar-refractivity contribution is 8.00. The highest BCUT2D eigenvalue weighted by Gasteiger charge is 2.25. The highest BCUT2D eigenvalue weighted by atomic mass is 32.2. The number of benzene rings is 1. The fraction of sp³-hybridized carbons (Fsp3) is 0.200. The zero-order chi connectivity index (χ0) is 18.7. The van der Waals surface area contributed by atoms with Gasteiger partial charge in [0.15, 0.2) is 27.6 Å². The zero-order valence-electron chi connectivity index (χ0n) is 12.9. The summed E-state index contributed by atoms with van der Waals surface area (Å²) >= 11 is 3.63. The molecular weight excluding hydrogens is 413 g/mol. The van der Waals surface area contributed by atoms with Crippen molar-refractivity contribution in [2.45, 2.75) is 16.5 Å². The Balaban J connectivity index is 1.60. The zero-order valence-corrected chi connectivity index (χ0v) is 15.3. The Hall–Kier alpha value is -1.72. The van der Waals surface area contributed by atoms with Crippen LogP contribution in [0.15, 0.2) is 21.9 Å². The van der Waals surface area contributed by atoms with Crippen LogP contribution < -0.4 is 5.32 Å². The summed E-state index contributed by atoms with van der Waals surface area (Å²) in [5, 5.41) is 13.3. The second kappa shape index (κ2) is 8.31. The molecule has 0 spiro atoms. The van der Waals surface area contributed by atoms with Gasteiger partial charge in [0.2, 0.25) is 10.9 Å². The maximum Gasteiger partial charge on any atom is 0.206 e. The van der Waals surface area contributed by atoms with Gasteiger partial charge in [-0.3, -0.25) is 0 Å². The number of hydrogen-bond donors (Lipinski definition) is 1. The van der Waals surface area contributed by atoms with E-state index in [1.165, 1.54) is 4.88 Å². The first-order chi connectivity index (χ1) is 12.5. The number of thiophene rings is 1. The van der Waals surface area contributed by atoms with Crippen LogP contribution in [-0.4, -0.2) is 16.7 Å². The summed E-state index contributed by atoms with van der Waals surface area (Å²) in [4.78, 5) is 1.21. The fourth-order valence-corrected chi connectivity index (χ4v) is 4.48. The maximum absolute atomic E-state index is 13.6. The van der Waals surface area contributed by atoms with Gasteiger partial charge in [0.05, 0.1) is 0 Å². The summed E-state index contributed by atoms with van der Waals surface area (Å²) in [7, 11) is 0. The number of anilines is 1. The van der Waals surface area contributed by atoms with Crippen LogP contribution in [0.5, 0.6) is 0 Å². The minimum absolute atomic E-state index is 0.354. The summed E-state index contributed by atoms with van der Waals surface area (Å²) < 4.78 is 67.0. The minimum Gasteiger partial charge on any atom is -0.360 e. The maximum atomic E-state index is 13.6. The molecule has 1 aromatic carbocycles. The van der Waals surface area contributed by atoms with Crippen LogP contribution in [0.3, 0.4) is 0 Å². The molecule has 0 bridgehead atoms. The smallest absolute Gasteiger partial charge is 0.206 e. The van der Waals surface area contributed by atoms with Crippen LogP contribution in [0.2, 0.25) is 0 Å². The lowest BCUT2D eigenvalue weighted by Gasteiger charge is -2.06. The van der Waals surface area contributed by atoms with Gasteiger partial charge in [-0.25, -0.2) is 22.0 Å². The molecule has 1 N–H and O–H groups in total. The van der Waals surface area contributed by atoms with Gasteiger partial charge in [-0.1, -0.05) is 29.2 Å². The van der Waals surface area contributed by atoms with E-state index in [0.29, 0.717) is 16.0 Å². The third-order valence-electron chi connectivity index (χ3n) is 3.27. The normalized spacial score (nSPS) is 11.1. The molecule has 0 amide bonds. The van der Waals surface area contributed by atoms with Crippen LogP contribution in [0.25, 0.3) is 0 Å². The Labute approximate surface area is 157 Å². The van der Waals surface area contributed by atoms with E-state index >= 15 is 0 Å². The van der Waals surface area contributed by atoms with Crippen molar-refractivity contribution in [1.82, 2.24) is 10.2 Å². The summed E-state index contributed by atoms with van der Waals surface area (Å²) in [6, 6.07) is 3.97. The third kappa shape index (κ3) is 4.15. The van der Waals surface area contributed by atoms with Gasteiger partial charge in [-0.05, 0) is 17.9 Å². The molecule has 0 fully saturated rings. The number of nitrogens with zero attached hydrogens (tertiary/aromatic N) is 2. The monoisotopic (exact) mass is 423 g/mol. The Morgan fingerprint density at radius 1 is 0.962 bits per heavy atom. The van der Waals surface area contributed by atoms with E-state index in [1.54, 1.807) is 11.3 Å². The Morgan fingerprint density at radius 3 is 2.31 bits per heavy atom. The molecule has 0 aliphatic carbocycles. The fourth-order valence-electron chi connectivity index (χ4n) is 2.00. The molecule has 3 nitrogen and oxygen atoms in total. The number of thioether (sulfide) groups is 1. The van der Waals surface area contributed by atoms with Gasteiger partial charge >= 0.3 is 0 Å². The van der Waals surface area contributed by atoms with Gasteiger partial charge in [0.1, 0.15) is 0 Å². The molecule has 26 heavy (non-hydrogen) atoms. The quantitative estimate of drug-likeness (QED) is 0.244. The van der Waals surface area contributed by atoms with Crippen molar-refractivity contribution in [2.75, 3.05) is 11.9 Å². The van der Waals surface area contributed by atoms with E-state index in [0.717, 1.165) is 29.5 Å². The highest BCUT2D eigenvalue weighted by Crippen LogP contribution is 2.32. The van der Waals surface area contributed by atoms with E-state index in [4.69, 9.17) is 0 Å². The second-order valence-corrected chi connectivity index (χ2v) is 8.20. The lowest BCUT2D eigenvalue weighted by atomic mass is 10.2. The molecule has 2 aromatic heterocycles. The number of halogens is 5. The molecule has 0 aliphatic heterocycles. The lowest BCUT2D eigenvalue weighted by Crippen LogP contribution is -2.06. The van der Waals surface area contributed by atoms with Gasteiger partial charge < -0.3 is 5.32 Å². The molecule has 0 atom stereocenters. The Bertz CT molecular complexity index is 869. The molecule has 0 saturated heterocycles. The van der Waals surface area contributed by atoms with Crippen molar-refractivity contribution in [3.05, 3.63) is 57.0 Å². The SMILES string of the molecule is Fc1c(F)c(F)c(CSc2nnc(NCCc3cccs3)s2)c(F)c1F. The standard InChI is InChI=1S/C15H10F5N3S3/c16-9-8(10(17)12(19)13(20)11(9)18)6-25-15-23-22-14(26-15)21-4-3-7-2-1-5-24-7/h1-2,5H,3-4,6H2,(H,21,22). The molecule has 138 valence electrons. The van der Waals surface area contributed by atoms with Crippen molar-refractivity contribution in [2.24, 2.45) is 0 Å². The molecular formula is C15H10F5N3S3. The van der Waals surface area contributed by atoms with E-state index in [1.807, 2.05) is 17.5 Å². The average molecular weight is 423 g/mol. The van der Waals surface area contributed by atoms with Crippen molar-refractivity contribution < 1.29 is 22.0 Å². The predicted molar refractivity (Wildman–Crippen MR) is 92.2 cm³/mol. The predicted octanol–water partition coefficient (Wildman–Crippen LogP) is 5.24. The first kappa shape index (κ1) is 19.1. The van der Waals surface area contributed by atoms with Gasteiger partial charge in [-0.2, -0.15) is 0 Å². The molecule has 3 rings (SSSR count). The first-order valence-electron chi connectivity index (χ1n) is 7.20. The van der Waals surface area contributed by atoms with E-state index in [-0.39, 0.29) is 0 Å². The molecule has 2 heterocycles. The number of nitrogens with one attached hydrogen (secondary N) is 1. The molecule has 0 aliphatic rings. The molecule has 0 saturated carbocycles. The van der Waals surface area contributed by atoms with Crippen LogP contribution >= 0.6 is 34.4 Å². The van der Waals surface area contributed by atoms with Gasteiger partial charge in [0, 0.05) is 22.7 Å². The molecule has 0 unspecified atom stereocenters. The van der Waals surface area contributed by atoms with Gasteiger partial charge in [0.25, 0.3) is 0 Å². The van der Waals surface area contributed by atoms with Crippen molar-refractivity contribution in [1.29, 1.82) is 0 Å². The van der Waals surface area contributed by atoms with Crippen LogP contribution in [0.4, 0.5) is 27.1 Å². The van der Waals surface area contributed by atoms with Crippen molar-refractivity contribution >= 4 is 39.6 Å². The minimum atomic E-state index is -2.16. The Morgan fingerprint density at radius 2 is 1.65 bits per heavy atom. The number of hydrogen-bond acceptors (Lipinski definition) is 6. The van der Waals surface area contributed by atoms with Crippen molar-refractivity contribution in [3.8, 4) is 0 Å². The third-order valence-corrected chi connectivity index (χ3v) is 6.25. The molecule has 0 radical (unpaired) electrons. The van der Waals surface area contributed by atoms with Gasteiger partial charge in [-0.15, -0.1) is 21.5 Å². The van der Waals surface area contributed by atoms with Crippen LogP contribution in [0, 0.1) is 29.1 Å².